The van der Waals surface area contributed by atoms with E-state index in [-0.39, 0.29) is 12.5 Å². The van der Waals surface area contributed by atoms with Gasteiger partial charge in [0.25, 0.3) is 5.91 Å². The average molecular weight is 391 g/mol. The van der Waals surface area contributed by atoms with E-state index in [4.69, 9.17) is 10.5 Å². The summed E-state index contributed by atoms with van der Waals surface area (Å²) in [4.78, 5) is 16.8. The molecule has 0 radical (unpaired) electrons. The molecule has 0 saturated carbocycles. The Kier molecular flexibility index (Phi) is 5.10. The van der Waals surface area contributed by atoms with Gasteiger partial charge in [-0.1, -0.05) is 0 Å². The Balaban J connectivity index is 1.46. The van der Waals surface area contributed by atoms with Crippen LogP contribution in [0.3, 0.4) is 0 Å². The number of fused-ring (bicyclic) bond motifs is 1. The Bertz CT molecular complexity index is 752. The van der Waals surface area contributed by atoms with Crippen molar-refractivity contribution in [2.45, 2.75) is 57.0 Å². The molecule has 1 atom stereocenters. The molecule has 3 aliphatic heterocycles. The van der Waals surface area contributed by atoms with Crippen molar-refractivity contribution in [3.63, 3.8) is 0 Å². The lowest BCUT2D eigenvalue weighted by Crippen LogP contribution is -2.51. The molecule has 2 fully saturated rings. The van der Waals surface area contributed by atoms with Crippen LogP contribution >= 0.6 is 0 Å². The molecule has 3 aliphatic rings. The number of nitrogen functional groups attached to an aromatic ring is 1. The Labute approximate surface area is 165 Å². The van der Waals surface area contributed by atoms with Crippen LogP contribution in [0.1, 0.15) is 54.1 Å². The number of hydrogen-bond donors (Lipinski definition) is 2. The monoisotopic (exact) mass is 391 g/mol. The van der Waals surface area contributed by atoms with E-state index >= 15 is 0 Å². The zero-order valence-corrected chi connectivity index (χ0v) is 16.7. The lowest BCUT2D eigenvalue weighted by molar-refractivity contribution is -0.0712. The molecule has 4 rings (SSSR count). The van der Waals surface area contributed by atoms with Gasteiger partial charge in [-0.05, 0) is 69.0 Å². The second-order valence-corrected chi connectivity index (χ2v) is 8.95. The molecule has 0 aliphatic carbocycles. The van der Waals surface area contributed by atoms with Crippen molar-refractivity contribution in [2.24, 2.45) is 0 Å². The third-order valence-electron chi connectivity index (χ3n) is 6.44. The number of rotatable bonds is 5. The fraction of sp³-hybridized carbons (Fsp3) is 0.667. The predicted molar refractivity (Wildman–Crippen MR) is 105 cm³/mol. The van der Waals surface area contributed by atoms with Crippen LogP contribution in [0.2, 0.25) is 0 Å². The predicted octanol–water partition coefficient (Wildman–Crippen LogP) is 1.91. The van der Waals surface area contributed by atoms with Crippen molar-refractivity contribution >= 4 is 11.6 Å². The van der Waals surface area contributed by atoms with E-state index < -0.39 is 11.8 Å². The smallest absolute Gasteiger partial charge is 0.254 e. The number of hydrogen-bond acceptors (Lipinski definition) is 5. The molecular weight excluding hydrogens is 361 g/mol. The average Bonchev–Trinajstić information content (AvgIpc) is 2.88. The highest BCUT2D eigenvalue weighted by atomic mass is 19.1. The van der Waals surface area contributed by atoms with E-state index in [9.17, 15) is 14.3 Å². The van der Waals surface area contributed by atoms with Crippen molar-refractivity contribution in [3.8, 4) is 0 Å². The Morgan fingerprint density at radius 3 is 2.57 bits per heavy atom. The molecular formula is C21H30FN3O3. The van der Waals surface area contributed by atoms with Gasteiger partial charge in [-0.15, -0.1) is 0 Å². The van der Waals surface area contributed by atoms with Crippen molar-refractivity contribution in [2.75, 3.05) is 38.6 Å². The van der Waals surface area contributed by atoms with Gasteiger partial charge in [-0.25, -0.2) is 4.39 Å². The van der Waals surface area contributed by atoms with Gasteiger partial charge < -0.3 is 20.5 Å². The fourth-order valence-corrected chi connectivity index (χ4v) is 4.39. The summed E-state index contributed by atoms with van der Waals surface area (Å²) in [6.45, 7) is 6.76. The number of benzene rings is 1. The zero-order chi connectivity index (χ0) is 20.1. The van der Waals surface area contributed by atoms with E-state index in [0.29, 0.717) is 24.1 Å². The van der Waals surface area contributed by atoms with Crippen LogP contribution in [0.15, 0.2) is 12.1 Å². The number of carbonyl (C=O) groups excluding carboxylic acids is 1. The maximum Gasteiger partial charge on any atom is 0.254 e. The van der Waals surface area contributed by atoms with E-state index in [2.05, 4.69) is 4.90 Å². The molecule has 3 heterocycles. The number of ether oxygens (including phenoxy) is 1. The van der Waals surface area contributed by atoms with Gasteiger partial charge in [-0.3, -0.25) is 9.69 Å². The third-order valence-corrected chi connectivity index (χ3v) is 6.44. The summed E-state index contributed by atoms with van der Waals surface area (Å²) in [6.07, 6.45) is 0.535. The van der Waals surface area contributed by atoms with Crippen LogP contribution in [0.25, 0.3) is 0 Å². The number of halogens is 1. The lowest BCUT2D eigenvalue weighted by atomic mass is 9.86. The number of aliphatic hydroxyl groups is 1. The second kappa shape index (κ2) is 7.28. The number of amides is 1. The van der Waals surface area contributed by atoms with E-state index in [0.717, 1.165) is 56.0 Å². The maximum absolute atomic E-state index is 14.3. The van der Waals surface area contributed by atoms with E-state index in [1.165, 1.54) is 18.7 Å². The summed E-state index contributed by atoms with van der Waals surface area (Å²) in [5.74, 6) is 0.168. The van der Waals surface area contributed by atoms with Gasteiger partial charge >= 0.3 is 0 Å². The summed E-state index contributed by atoms with van der Waals surface area (Å²) in [7, 11) is 0. The molecule has 1 unspecified atom stereocenters. The minimum atomic E-state index is -1.50. The molecule has 3 N–H and O–H groups in total. The van der Waals surface area contributed by atoms with Gasteiger partial charge in [0.2, 0.25) is 0 Å². The van der Waals surface area contributed by atoms with Gasteiger partial charge in [0.1, 0.15) is 6.17 Å². The molecule has 7 heteroatoms. The summed E-state index contributed by atoms with van der Waals surface area (Å²) < 4.78 is 19.6. The number of anilines is 1. The lowest BCUT2D eigenvalue weighted by Gasteiger charge is -2.41. The SMILES string of the molecule is CC(C)(O)C(F)CN1Cc2cc(N)c(C3CCN(C4COC4)CC3)cc2C1=O. The van der Waals surface area contributed by atoms with Crippen LogP contribution < -0.4 is 5.73 Å². The molecule has 0 aromatic heterocycles. The Morgan fingerprint density at radius 1 is 1.32 bits per heavy atom. The molecule has 1 amide bonds. The molecule has 1 aromatic carbocycles. The number of piperidine rings is 1. The van der Waals surface area contributed by atoms with Crippen molar-refractivity contribution < 1.29 is 19.0 Å². The molecule has 6 nitrogen and oxygen atoms in total. The maximum atomic E-state index is 14.3. The number of likely N-dealkylation sites (tertiary alicyclic amines) is 1. The normalized spacial score (nSPS) is 23.0. The standard InChI is InChI=1S/C21H30FN3O3/c1-21(2,27)19(22)10-25-9-14-7-18(23)16(8-17(14)20(25)26)13-3-5-24(6-4-13)15-11-28-12-15/h7-8,13,15,19,27H,3-6,9-12,23H2,1-2H3. The molecule has 2 saturated heterocycles. The highest BCUT2D eigenvalue weighted by molar-refractivity contribution is 5.99. The molecule has 0 bridgehead atoms. The van der Waals surface area contributed by atoms with Crippen molar-refractivity contribution in [1.82, 2.24) is 9.80 Å². The van der Waals surface area contributed by atoms with E-state index in [1.54, 1.807) is 0 Å². The quantitative estimate of drug-likeness (QED) is 0.750. The molecule has 1 aromatic rings. The van der Waals surface area contributed by atoms with Crippen molar-refractivity contribution in [1.29, 1.82) is 0 Å². The first-order valence-corrected chi connectivity index (χ1v) is 10.1. The van der Waals surface area contributed by atoms with Gasteiger partial charge in [-0.2, -0.15) is 0 Å². The van der Waals surface area contributed by atoms with Crippen LogP contribution in [-0.2, 0) is 11.3 Å². The summed E-state index contributed by atoms with van der Waals surface area (Å²) in [5.41, 5.74) is 8.10. The summed E-state index contributed by atoms with van der Waals surface area (Å²) >= 11 is 0. The molecule has 28 heavy (non-hydrogen) atoms. The largest absolute Gasteiger partial charge is 0.398 e. The van der Waals surface area contributed by atoms with E-state index in [1.807, 2.05) is 12.1 Å². The van der Waals surface area contributed by atoms with Gasteiger partial charge in [0, 0.05) is 17.8 Å². The summed E-state index contributed by atoms with van der Waals surface area (Å²) in [6, 6.07) is 4.36. The number of nitrogens with zero attached hydrogens (tertiary/aromatic N) is 2. The van der Waals surface area contributed by atoms with Crippen LogP contribution in [0.4, 0.5) is 10.1 Å². The minimum absolute atomic E-state index is 0.117. The Morgan fingerprint density at radius 2 is 2.00 bits per heavy atom. The minimum Gasteiger partial charge on any atom is -0.398 e. The van der Waals surface area contributed by atoms with Gasteiger partial charge in [0.05, 0.1) is 31.4 Å². The first kappa shape index (κ1) is 19.6. The Hall–Kier alpha value is -1.70. The van der Waals surface area contributed by atoms with Gasteiger partial charge in [0.15, 0.2) is 0 Å². The van der Waals surface area contributed by atoms with Crippen LogP contribution in [0.5, 0.6) is 0 Å². The zero-order valence-electron chi connectivity index (χ0n) is 16.7. The fourth-order valence-electron chi connectivity index (χ4n) is 4.39. The van der Waals surface area contributed by atoms with Crippen LogP contribution in [-0.4, -0.2) is 71.5 Å². The third kappa shape index (κ3) is 3.63. The number of carbonyl (C=O) groups is 1. The highest BCUT2D eigenvalue weighted by Crippen LogP contribution is 2.37. The van der Waals surface area contributed by atoms with Crippen molar-refractivity contribution in [3.05, 3.63) is 28.8 Å². The highest BCUT2D eigenvalue weighted by Gasteiger charge is 2.36. The number of alkyl halides is 1. The molecule has 154 valence electrons. The first-order chi connectivity index (χ1) is 13.2. The first-order valence-electron chi connectivity index (χ1n) is 10.1. The topological polar surface area (TPSA) is 79.0 Å². The summed E-state index contributed by atoms with van der Waals surface area (Å²) in [5, 5.41) is 9.85. The molecule has 0 spiro atoms. The van der Waals surface area contributed by atoms with Crippen LogP contribution in [0, 0.1) is 0 Å². The second-order valence-electron chi connectivity index (χ2n) is 8.95. The number of nitrogens with two attached hydrogens (primary N) is 1.